The van der Waals surface area contributed by atoms with Gasteiger partial charge in [-0.15, -0.1) is 0 Å². The second-order valence-electron chi connectivity index (χ2n) is 27.1. The summed E-state index contributed by atoms with van der Waals surface area (Å²) in [4.78, 5) is 0. The predicted octanol–water partition coefficient (Wildman–Crippen LogP) is 20.1. The molecule has 0 spiro atoms. The van der Waals surface area contributed by atoms with Crippen molar-refractivity contribution in [2.75, 3.05) is 0 Å². The Morgan fingerprint density at radius 3 is 0.713 bits per heavy atom. The minimum Gasteiger partial charge on any atom is -0.0616 e. The maximum Gasteiger partial charge on any atom is 0.0263 e. The molecule has 3 saturated carbocycles. The monoisotopic (exact) mass is 1040 g/mol. The van der Waals surface area contributed by atoms with E-state index < -0.39 is 0 Å². The first-order valence-electron chi connectivity index (χ1n) is 30.8. The molecule has 6 aliphatic rings. The van der Waals surface area contributed by atoms with Crippen molar-refractivity contribution in [3.8, 4) is 0 Å². The Bertz CT molecular complexity index is 4100. The highest BCUT2D eigenvalue weighted by Crippen LogP contribution is 2.86. The summed E-state index contributed by atoms with van der Waals surface area (Å²) in [5.41, 5.74) is 13.3. The number of rotatable bonds is 5. The van der Waals surface area contributed by atoms with Gasteiger partial charge in [-0.25, -0.2) is 0 Å². The van der Waals surface area contributed by atoms with Gasteiger partial charge in [0.05, 0.1) is 0 Å². The van der Waals surface area contributed by atoms with Gasteiger partial charge in [-0.1, -0.05) is 282 Å². The molecule has 16 rings (SSSR count). The third-order valence-electron chi connectivity index (χ3n) is 25.7. The molecule has 0 amide bonds. The van der Waals surface area contributed by atoms with Crippen molar-refractivity contribution in [2.45, 2.75) is 96.3 Å². The molecule has 0 aliphatic heterocycles. The summed E-state index contributed by atoms with van der Waals surface area (Å²) in [6.07, 6.45) is 0. The van der Waals surface area contributed by atoms with Crippen LogP contribution >= 0.6 is 0 Å². The molecule has 0 radical (unpaired) electrons. The van der Waals surface area contributed by atoms with E-state index in [4.69, 9.17) is 0 Å². The van der Waals surface area contributed by atoms with Gasteiger partial charge in [-0.2, -0.15) is 0 Å². The minimum absolute atomic E-state index is 0.131. The normalized spacial score (nSPS) is 35.9. The van der Waals surface area contributed by atoms with Crippen molar-refractivity contribution < 1.29 is 0 Å². The molecule has 80 heavy (non-hydrogen) atoms. The van der Waals surface area contributed by atoms with Gasteiger partial charge >= 0.3 is 0 Å². The van der Waals surface area contributed by atoms with E-state index in [1.54, 1.807) is 27.9 Å². The van der Waals surface area contributed by atoms with Gasteiger partial charge in [0, 0.05) is 33.0 Å². The minimum atomic E-state index is -0.310. The molecule has 6 unspecified atom stereocenters. The summed E-state index contributed by atoms with van der Waals surface area (Å²) in [5, 5.41) is 13.4. The zero-order valence-corrected chi connectivity index (χ0v) is 48.6. The molecule has 3 fully saturated rings. The Balaban J connectivity index is 1.17. The summed E-state index contributed by atoms with van der Waals surface area (Å²) >= 11 is 0. The molecule has 0 N–H and O–H groups in total. The van der Waals surface area contributed by atoms with E-state index in [0.29, 0.717) is 35.5 Å². The van der Waals surface area contributed by atoms with E-state index in [1.165, 1.54) is 76.1 Å². The van der Waals surface area contributed by atoms with Crippen molar-refractivity contribution >= 4 is 53.9 Å². The lowest BCUT2D eigenvalue weighted by Crippen LogP contribution is -2.70. The van der Waals surface area contributed by atoms with E-state index in [9.17, 15) is 0 Å². The number of allylic oxidation sites excluding steroid dienone is 4. The van der Waals surface area contributed by atoms with E-state index in [-0.39, 0.29) is 56.7 Å². The Hall–Kier alpha value is -7.02. The maximum absolute atomic E-state index is 2.77. The first-order valence-corrected chi connectivity index (χ1v) is 30.8. The van der Waals surface area contributed by atoms with Gasteiger partial charge in [0.15, 0.2) is 0 Å². The second-order valence-corrected chi connectivity index (χ2v) is 27.1. The molecule has 0 heterocycles. The van der Waals surface area contributed by atoms with Gasteiger partial charge in [-0.3, -0.25) is 0 Å². The fourth-order valence-corrected chi connectivity index (χ4v) is 22.0. The first-order chi connectivity index (χ1) is 38.8. The zero-order valence-electron chi connectivity index (χ0n) is 48.6. The molecule has 6 aliphatic carbocycles. The Kier molecular flexibility index (Phi) is 10.1. The first kappa shape index (κ1) is 48.8. The molecule has 10 aromatic rings. The van der Waals surface area contributed by atoms with Gasteiger partial charge in [0.2, 0.25) is 0 Å². The van der Waals surface area contributed by atoms with E-state index in [2.05, 4.69) is 282 Å². The summed E-state index contributed by atoms with van der Waals surface area (Å²) < 4.78 is 0. The van der Waals surface area contributed by atoms with Crippen molar-refractivity contribution in [1.82, 2.24) is 0 Å². The second kappa shape index (κ2) is 16.6. The summed E-state index contributed by atoms with van der Waals surface area (Å²) in [7, 11) is 0. The van der Waals surface area contributed by atoms with E-state index >= 15 is 0 Å². The van der Waals surface area contributed by atoms with Crippen LogP contribution in [0.2, 0.25) is 0 Å². The molecule has 0 nitrogen and oxygen atoms in total. The van der Waals surface area contributed by atoms with Crippen molar-refractivity contribution in [2.24, 2.45) is 65.1 Å². The Labute approximate surface area is 475 Å². The molecule has 0 heteroatoms. The zero-order chi connectivity index (χ0) is 54.6. The van der Waals surface area contributed by atoms with E-state index in [1.807, 2.05) is 0 Å². The van der Waals surface area contributed by atoms with Gasteiger partial charge in [-0.05, 0) is 163 Å². The van der Waals surface area contributed by atoms with Crippen LogP contribution in [-0.4, -0.2) is 0 Å². The van der Waals surface area contributed by atoms with Crippen LogP contribution in [0.15, 0.2) is 235 Å². The third kappa shape index (κ3) is 5.43. The molecule has 16 atom stereocenters. The number of benzene rings is 10. The van der Waals surface area contributed by atoms with Crippen molar-refractivity contribution in [1.29, 1.82) is 0 Å². The van der Waals surface area contributed by atoms with Crippen LogP contribution in [-0.2, 0) is 27.1 Å². The lowest BCUT2D eigenvalue weighted by Gasteiger charge is -2.72. The average Bonchev–Trinajstić information content (AvgIpc) is 1.50. The average molecular weight is 1040 g/mol. The van der Waals surface area contributed by atoms with Crippen LogP contribution < -0.4 is 0 Å². The number of fused-ring (bicyclic) bond motifs is 5. The highest BCUT2D eigenvalue weighted by Gasteiger charge is 2.82. The summed E-state index contributed by atoms with van der Waals surface area (Å²) in [6.45, 7) is 27.6. The molecule has 0 saturated heterocycles. The number of hydrogen-bond acceptors (Lipinski definition) is 0. The third-order valence-corrected chi connectivity index (χ3v) is 25.7. The fraction of sp³-hybridized carbons (Fsp3) is 0.325. The van der Waals surface area contributed by atoms with Crippen LogP contribution in [0.3, 0.4) is 0 Å². The van der Waals surface area contributed by atoms with Gasteiger partial charge < -0.3 is 0 Å². The highest BCUT2D eigenvalue weighted by atomic mass is 14.8. The quantitative estimate of drug-likeness (QED) is 0.161. The van der Waals surface area contributed by atoms with E-state index in [0.717, 1.165) is 0 Å². The molecule has 0 aromatic heterocycles. The molecular formula is C80H76. The van der Waals surface area contributed by atoms with Gasteiger partial charge in [0.25, 0.3) is 0 Å². The number of hydrogen-bond donors (Lipinski definition) is 0. The summed E-state index contributed by atoms with van der Waals surface area (Å²) in [5.74, 6) is 3.09. The predicted molar refractivity (Wildman–Crippen MR) is 337 cm³/mol. The Morgan fingerprint density at radius 1 is 0.212 bits per heavy atom. The smallest absolute Gasteiger partial charge is 0.0263 e. The fourth-order valence-electron chi connectivity index (χ4n) is 22.0. The van der Waals surface area contributed by atoms with Gasteiger partial charge in [0.1, 0.15) is 0 Å². The Morgan fingerprint density at radius 2 is 0.425 bits per heavy atom. The largest absolute Gasteiger partial charge is 0.0616 e. The lowest BCUT2D eigenvalue weighted by atomic mass is 9.30. The van der Waals surface area contributed by atoms with Crippen molar-refractivity contribution in [3.63, 3.8) is 0 Å². The topological polar surface area (TPSA) is 0 Å². The highest BCUT2D eigenvalue weighted by molar-refractivity contribution is 5.90. The standard InChI is InChI=1S/C80H76/c1-46-47(2)77(67-37-32-57-22-12-17-27-62(57)42-67)50(5)51(6)79(69-39-34-59-24-14-19-29-64(59)44-69)54(9)55(10)80(70-40-35-60-25-15-20-30-65(60)45-70)53(8)52(7)78(68-38-33-58-23-13-18-28-63(58)43-68)49(4)48(3)76(46,71-72(77)74(79)75(80)73(71)78)66-36-31-56-21-11-16-26-61(56)41-66/h11-55,71H,1-10H3/t46-,47+,48+,49-,50-,51+,52+,53-,54-,55+,71?,76?,77?,78?,79?,80?. The summed E-state index contributed by atoms with van der Waals surface area (Å²) in [6, 6.07) is 85.2. The molecule has 0 bridgehead atoms. The van der Waals surface area contributed by atoms with Crippen LogP contribution in [0.25, 0.3) is 53.9 Å². The van der Waals surface area contributed by atoms with Crippen LogP contribution in [0.4, 0.5) is 0 Å². The molecule has 10 aromatic carbocycles. The molecule has 396 valence electrons. The van der Waals surface area contributed by atoms with Crippen LogP contribution in [0.1, 0.15) is 97.1 Å². The SMILES string of the molecule is C[C@@H]1[C@H](C)C2(c3ccc4ccccc4c3)C3=C4C5=C6C3C(c3ccc7ccccc7c3)([C@H](C)[C@H](C)C6(c3ccc6ccccc6c3)[C@H](C)[C@H](C)C5(c3ccc5ccccc5c3)[C@H](C)[C@H](C)C41c1ccc3ccccc3c1)[C@@H](C)[C@H]2C. The lowest BCUT2D eigenvalue weighted by molar-refractivity contribution is -0.0727. The maximum atomic E-state index is 2.77. The van der Waals surface area contributed by atoms with Crippen molar-refractivity contribution in [3.05, 3.63) is 262 Å². The molecular weight excluding hydrogens is 961 g/mol. The van der Waals surface area contributed by atoms with Crippen LogP contribution in [0.5, 0.6) is 0 Å². The van der Waals surface area contributed by atoms with Crippen LogP contribution in [0, 0.1) is 65.1 Å².